The van der Waals surface area contributed by atoms with Gasteiger partial charge >= 0.3 is 11.9 Å². The number of rotatable bonds is 14. The van der Waals surface area contributed by atoms with Gasteiger partial charge in [0, 0.05) is 64.0 Å². The molecule has 3 amide bonds. The van der Waals surface area contributed by atoms with Crippen molar-refractivity contribution >= 4 is 56.2 Å². The number of anilines is 1. The highest BCUT2D eigenvalue weighted by molar-refractivity contribution is 7.91. The molecule has 1 aromatic carbocycles. The first-order valence-corrected chi connectivity index (χ1v) is 17.4. The van der Waals surface area contributed by atoms with Gasteiger partial charge in [-0.15, -0.1) is 15.1 Å². The van der Waals surface area contributed by atoms with Gasteiger partial charge in [0.15, 0.2) is 0 Å². The summed E-state index contributed by atoms with van der Waals surface area (Å²) in [5, 5.41) is 48.0. The number of carbonyl (C=O) groups is 5. The molecular weight excluding hydrogens is 704 g/mol. The van der Waals surface area contributed by atoms with Gasteiger partial charge in [-0.3, -0.25) is 48.9 Å². The second-order valence-corrected chi connectivity index (χ2v) is 14.0. The Labute approximate surface area is 290 Å². The first-order valence-electron chi connectivity index (χ1n) is 15.0. The molecule has 1 aromatic heterocycles. The summed E-state index contributed by atoms with van der Waals surface area (Å²) in [6, 6.07) is 4.66. The van der Waals surface area contributed by atoms with Crippen LogP contribution in [0.3, 0.4) is 0 Å². The van der Waals surface area contributed by atoms with Crippen LogP contribution < -0.4 is 15.8 Å². The molecule has 0 spiro atoms. The minimum Gasteiger partial charge on any atom is -0.508 e. The number of aliphatic carboxylic acids is 2. The number of hydrogen-bond acceptors (Lipinski definition) is 16. The smallest absolute Gasteiger partial charge is 0.317 e. The summed E-state index contributed by atoms with van der Waals surface area (Å²) in [6.07, 6.45) is -0.0455. The van der Waals surface area contributed by atoms with Crippen LogP contribution in [0.2, 0.25) is 0 Å². The number of aromatic nitrogens is 2. The third-order valence-corrected chi connectivity index (χ3v) is 9.53. The molecule has 0 radical (unpaired) electrons. The first-order chi connectivity index (χ1) is 23.6. The van der Waals surface area contributed by atoms with Crippen LogP contribution in [-0.4, -0.2) is 168 Å². The van der Waals surface area contributed by atoms with Crippen molar-refractivity contribution in [1.82, 2.24) is 35.1 Å². The molecule has 2 aromatic rings. The number of nitrogens with two attached hydrogens (primary N) is 1. The second-order valence-electron chi connectivity index (χ2n) is 11.3. The fourth-order valence-electron chi connectivity index (χ4n) is 4.90. The molecule has 0 saturated carbocycles. The van der Waals surface area contributed by atoms with E-state index in [4.69, 9.17) is 5.14 Å². The largest absolute Gasteiger partial charge is 0.508 e. The lowest BCUT2D eigenvalue weighted by atomic mass is 10.0. The highest BCUT2D eigenvalue weighted by Crippen LogP contribution is 2.19. The lowest BCUT2D eigenvalue weighted by Crippen LogP contribution is -2.52. The number of phenolic OH excluding ortho intramolecular Hbond substituents is 1. The van der Waals surface area contributed by atoms with Crippen molar-refractivity contribution in [2.75, 3.05) is 83.9 Å². The summed E-state index contributed by atoms with van der Waals surface area (Å²) < 4.78 is 22.7. The van der Waals surface area contributed by atoms with Crippen molar-refractivity contribution in [2.45, 2.75) is 16.8 Å². The molecule has 7 N–H and O–H groups in total. The highest BCUT2D eigenvalue weighted by Gasteiger charge is 2.26. The highest BCUT2D eigenvalue weighted by atomic mass is 32.2. The van der Waals surface area contributed by atoms with Crippen LogP contribution in [0, 0.1) is 4.91 Å². The number of amides is 3. The average Bonchev–Trinajstić information content (AvgIpc) is 3.51. The number of phenols is 1. The van der Waals surface area contributed by atoms with E-state index in [2.05, 4.69) is 26.0 Å². The Bertz CT molecular complexity index is 1590. The van der Waals surface area contributed by atoms with E-state index in [1.807, 2.05) is 0 Å². The number of nitrogens with zero attached hydrogens (tertiary/aromatic N) is 7. The van der Waals surface area contributed by atoms with Crippen LogP contribution >= 0.6 is 11.3 Å². The molecule has 274 valence electrons. The monoisotopic (exact) mass is 742 g/mol. The number of primary sulfonamides is 1. The Morgan fingerprint density at radius 2 is 1.30 bits per heavy atom. The zero-order valence-electron chi connectivity index (χ0n) is 26.7. The summed E-state index contributed by atoms with van der Waals surface area (Å²) in [5.41, 5.74) is 0.561. The number of nitrogens with one attached hydrogen (secondary N) is 2. The number of aromatic hydroxyl groups is 1. The SMILES string of the molecule is NS(=O)(=O)c1nnc(NC(=O)C(Cc2ccc(O)cc2)NC(=O)CN2CCN(CC(=O)O)CCN(CC(=O)N=O)CCN(CC(=O)O)CC2)s1. The summed E-state index contributed by atoms with van der Waals surface area (Å²) in [7, 11) is -4.18. The van der Waals surface area contributed by atoms with E-state index < -0.39 is 50.1 Å². The molecule has 1 atom stereocenters. The Hall–Kier alpha value is -4.52. The van der Waals surface area contributed by atoms with E-state index in [-0.39, 0.29) is 95.8 Å². The second kappa shape index (κ2) is 19.0. The predicted octanol–water partition coefficient (Wildman–Crippen LogP) is -2.76. The van der Waals surface area contributed by atoms with Gasteiger partial charge in [-0.2, -0.15) is 0 Å². The van der Waals surface area contributed by atoms with E-state index in [0.717, 1.165) is 0 Å². The van der Waals surface area contributed by atoms with Gasteiger partial charge in [0.25, 0.3) is 15.9 Å². The molecule has 1 aliphatic rings. The van der Waals surface area contributed by atoms with Gasteiger partial charge in [0.2, 0.25) is 21.3 Å². The quantitative estimate of drug-likeness (QED) is 0.0844. The standard InChI is InChI=1S/C27H38N10O11S2/c28-50(47,48)27-32-31-26(49-27)30-25(45)20(13-18-1-3-19(38)4-2-18)29-21(39)14-34-5-9-36(16-23(41)42)11-7-35(15-22(40)33-46)8-12-37(10-6-34)17-24(43)44/h1-4,20,38H,5-17H2,(H,29,39)(H,41,42)(H,43,44)(H2,28,47,48)(H,30,31,45). The molecule has 1 fully saturated rings. The van der Waals surface area contributed by atoms with E-state index in [1.165, 1.54) is 12.1 Å². The third kappa shape index (κ3) is 14.1. The maximum atomic E-state index is 13.4. The summed E-state index contributed by atoms with van der Waals surface area (Å²) in [6.45, 7) is 0.0345. The fraction of sp³-hybridized carbons (Fsp3) is 0.519. The average molecular weight is 743 g/mol. The topological polar surface area (TPSA) is 298 Å². The number of sulfonamides is 1. The lowest BCUT2D eigenvalue weighted by Gasteiger charge is -2.33. The van der Waals surface area contributed by atoms with Crippen LogP contribution in [-0.2, 0) is 40.4 Å². The maximum absolute atomic E-state index is 13.4. The van der Waals surface area contributed by atoms with Crippen molar-refractivity contribution < 1.29 is 47.7 Å². The molecule has 3 rings (SSSR count). The number of carboxylic acid groups (broad SMARTS) is 2. The van der Waals surface area contributed by atoms with Crippen LogP contribution in [0.25, 0.3) is 0 Å². The van der Waals surface area contributed by atoms with Crippen LogP contribution in [0.4, 0.5) is 5.13 Å². The Morgan fingerprint density at radius 3 is 1.74 bits per heavy atom. The van der Waals surface area contributed by atoms with Gasteiger partial charge in [-0.05, 0) is 17.7 Å². The first kappa shape index (κ1) is 39.9. The van der Waals surface area contributed by atoms with Crippen molar-refractivity contribution in [2.24, 2.45) is 10.3 Å². The minimum atomic E-state index is -4.18. The van der Waals surface area contributed by atoms with Crippen LogP contribution in [0.5, 0.6) is 5.75 Å². The predicted molar refractivity (Wildman–Crippen MR) is 175 cm³/mol. The maximum Gasteiger partial charge on any atom is 0.317 e. The Morgan fingerprint density at radius 1 is 0.820 bits per heavy atom. The van der Waals surface area contributed by atoms with Crippen molar-refractivity contribution in [3.05, 3.63) is 34.7 Å². The van der Waals surface area contributed by atoms with Crippen molar-refractivity contribution in [3.8, 4) is 5.75 Å². The normalized spacial score (nSPS) is 16.7. The molecule has 50 heavy (non-hydrogen) atoms. The number of nitroso groups, excluding NO2 is 1. The molecule has 0 aliphatic carbocycles. The number of carboxylic acids is 2. The Balaban J connectivity index is 1.79. The van der Waals surface area contributed by atoms with Gasteiger partial charge in [-0.1, -0.05) is 23.5 Å². The van der Waals surface area contributed by atoms with Crippen LogP contribution in [0.15, 0.2) is 33.8 Å². The summed E-state index contributed by atoms with van der Waals surface area (Å²) >= 11 is 0.513. The molecule has 1 unspecified atom stereocenters. The summed E-state index contributed by atoms with van der Waals surface area (Å²) in [5.74, 6) is -4.53. The van der Waals surface area contributed by atoms with Crippen LogP contribution in [0.1, 0.15) is 5.56 Å². The lowest BCUT2D eigenvalue weighted by molar-refractivity contribution is -0.139. The van der Waals surface area contributed by atoms with Gasteiger partial charge < -0.3 is 20.6 Å². The molecule has 23 heteroatoms. The molecular formula is C27H38N10O11S2. The van der Waals surface area contributed by atoms with Gasteiger partial charge in [-0.25, -0.2) is 13.6 Å². The van der Waals surface area contributed by atoms with E-state index in [0.29, 0.717) is 16.9 Å². The molecule has 0 bridgehead atoms. The Kier molecular flexibility index (Phi) is 15.2. The summed E-state index contributed by atoms with van der Waals surface area (Å²) in [4.78, 5) is 78.9. The molecule has 2 heterocycles. The molecule has 1 saturated heterocycles. The van der Waals surface area contributed by atoms with E-state index in [9.17, 15) is 52.6 Å². The van der Waals surface area contributed by atoms with Gasteiger partial charge in [0.1, 0.15) is 11.8 Å². The number of hydrogen-bond donors (Lipinski definition) is 6. The third-order valence-electron chi connectivity index (χ3n) is 7.38. The van der Waals surface area contributed by atoms with E-state index >= 15 is 0 Å². The van der Waals surface area contributed by atoms with E-state index in [1.54, 1.807) is 31.7 Å². The molecule has 1 aliphatic heterocycles. The zero-order chi connectivity index (χ0) is 36.8. The van der Waals surface area contributed by atoms with Crippen molar-refractivity contribution in [3.63, 3.8) is 0 Å². The number of benzene rings is 1. The van der Waals surface area contributed by atoms with Crippen molar-refractivity contribution in [1.29, 1.82) is 0 Å². The van der Waals surface area contributed by atoms with Gasteiger partial charge in [0.05, 0.1) is 26.2 Å². The minimum absolute atomic E-state index is 0.0217. The zero-order valence-corrected chi connectivity index (χ0v) is 28.3. The molecule has 21 nitrogen and oxygen atoms in total. The number of carbonyl (C=O) groups excluding carboxylic acids is 3. The fourth-order valence-corrected chi connectivity index (χ4v) is 6.24.